The molecule has 6 heteroatoms. The quantitative estimate of drug-likeness (QED) is 0.324. The minimum Gasteiger partial charge on any atom is -0.456 e. The van der Waals surface area contributed by atoms with Gasteiger partial charge in [0.05, 0.1) is 8.49 Å². The van der Waals surface area contributed by atoms with Crippen LogP contribution >= 0.6 is 38.5 Å². The van der Waals surface area contributed by atoms with Crippen molar-refractivity contribution in [3.05, 3.63) is 60.1 Å². The highest BCUT2D eigenvalue weighted by molar-refractivity contribution is 14.1. The summed E-state index contributed by atoms with van der Waals surface area (Å²) in [4.78, 5) is 10.3. The Morgan fingerprint density at radius 2 is 1.86 bits per heavy atom. The zero-order valence-electron chi connectivity index (χ0n) is 11.5. The summed E-state index contributed by atoms with van der Waals surface area (Å²) < 4.78 is 7.65. The normalized spacial score (nSPS) is 10.7. The average molecular weight is 462 g/mol. The predicted molar refractivity (Wildman–Crippen MR) is 94.1 cm³/mol. The molecule has 0 amide bonds. The SMILES string of the molecule is CC(C)c1cc(Br)ccc1Oc1ccc([N+](=O)[O-])cc1I. The van der Waals surface area contributed by atoms with Gasteiger partial charge in [0.2, 0.25) is 0 Å². The monoisotopic (exact) mass is 461 g/mol. The van der Waals surface area contributed by atoms with E-state index in [1.165, 1.54) is 12.1 Å². The van der Waals surface area contributed by atoms with Crippen LogP contribution in [0.3, 0.4) is 0 Å². The number of non-ortho nitro benzene ring substituents is 1. The van der Waals surface area contributed by atoms with E-state index in [9.17, 15) is 10.1 Å². The Hall–Kier alpha value is -1.15. The number of ether oxygens (including phenoxy) is 1. The highest BCUT2D eigenvalue weighted by Gasteiger charge is 2.13. The lowest BCUT2D eigenvalue weighted by atomic mass is 10.0. The average Bonchev–Trinajstić information content (AvgIpc) is 2.42. The maximum Gasteiger partial charge on any atom is 0.270 e. The van der Waals surface area contributed by atoms with Crippen LogP contribution in [0.15, 0.2) is 40.9 Å². The van der Waals surface area contributed by atoms with Crippen molar-refractivity contribution in [2.45, 2.75) is 19.8 Å². The van der Waals surface area contributed by atoms with Crippen LogP contribution in [-0.4, -0.2) is 4.92 Å². The van der Waals surface area contributed by atoms with Gasteiger partial charge in [-0.3, -0.25) is 10.1 Å². The standard InChI is InChI=1S/C15H13BrINO3/c1-9(2)12-7-10(16)3-5-14(12)21-15-6-4-11(18(19)20)8-13(15)17/h3-9H,1-2H3. The second kappa shape index (κ2) is 6.74. The molecule has 0 heterocycles. The lowest BCUT2D eigenvalue weighted by molar-refractivity contribution is -0.385. The molecule has 0 aliphatic rings. The van der Waals surface area contributed by atoms with Crippen LogP contribution < -0.4 is 4.74 Å². The maximum atomic E-state index is 10.8. The lowest BCUT2D eigenvalue weighted by Crippen LogP contribution is -1.96. The number of rotatable bonds is 4. The summed E-state index contributed by atoms with van der Waals surface area (Å²) in [6.07, 6.45) is 0. The predicted octanol–water partition coefficient (Wildman–Crippen LogP) is 5.88. The Balaban J connectivity index is 2.36. The van der Waals surface area contributed by atoms with Gasteiger partial charge in [-0.15, -0.1) is 0 Å². The molecule has 0 saturated heterocycles. The molecule has 0 aliphatic carbocycles. The van der Waals surface area contributed by atoms with Gasteiger partial charge < -0.3 is 4.74 Å². The molecule has 0 aromatic heterocycles. The Bertz CT molecular complexity index is 689. The van der Waals surface area contributed by atoms with Gasteiger partial charge in [0.1, 0.15) is 11.5 Å². The molecule has 2 rings (SSSR count). The van der Waals surface area contributed by atoms with Crippen molar-refractivity contribution in [3.63, 3.8) is 0 Å². The second-order valence-corrected chi connectivity index (χ2v) is 6.89. The lowest BCUT2D eigenvalue weighted by Gasteiger charge is -2.15. The van der Waals surface area contributed by atoms with Crippen LogP contribution in [0.25, 0.3) is 0 Å². The summed E-state index contributed by atoms with van der Waals surface area (Å²) >= 11 is 5.50. The van der Waals surface area contributed by atoms with E-state index in [-0.39, 0.29) is 5.69 Å². The van der Waals surface area contributed by atoms with E-state index >= 15 is 0 Å². The zero-order valence-corrected chi connectivity index (χ0v) is 15.2. The number of hydrogen-bond donors (Lipinski definition) is 0. The van der Waals surface area contributed by atoms with E-state index in [0.29, 0.717) is 15.2 Å². The molecule has 110 valence electrons. The van der Waals surface area contributed by atoms with Crippen LogP contribution in [-0.2, 0) is 0 Å². The van der Waals surface area contributed by atoms with Crippen LogP contribution in [0.2, 0.25) is 0 Å². The molecule has 2 aromatic rings. The summed E-state index contributed by atoms with van der Waals surface area (Å²) in [5.74, 6) is 1.69. The first-order valence-electron chi connectivity index (χ1n) is 6.29. The first-order valence-corrected chi connectivity index (χ1v) is 8.17. The van der Waals surface area contributed by atoms with E-state index in [1.54, 1.807) is 6.07 Å². The third-order valence-electron chi connectivity index (χ3n) is 2.94. The smallest absolute Gasteiger partial charge is 0.270 e. The summed E-state index contributed by atoms with van der Waals surface area (Å²) in [6.45, 7) is 4.19. The molecule has 0 saturated carbocycles. The van der Waals surface area contributed by atoms with Crippen molar-refractivity contribution in [2.24, 2.45) is 0 Å². The van der Waals surface area contributed by atoms with E-state index in [0.717, 1.165) is 15.8 Å². The molecular formula is C15H13BrINO3. The van der Waals surface area contributed by atoms with Gasteiger partial charge >= 0.3 is 0 Å². The Morgan fingerprint density at radius 1 is 1.19 bits per heavy atom. The fourth-order valence-electron chi connectivity index (χ4n) is 1.87. The van der Waals surface area contributed by atoms with Crippen molar-refractivity contribution in [3.8, 4) is 11.5 Å². The van der Waals surface area contributed by atoms with Gasteiger partial charge in [-0.1, -0.05) is 29.8 Å². The van der Waals surface area contributed by atoms with Gasteiger partial charge in [-0.05, 0) is 58.3 Å². The van der Waals surface area contributed by atoms with Gasteiger partial charge in [0.15, 0.2) is 0 Å². The summed E-state index contributed by atoms with van der Waals surface area (Å²) in [5.41, 5.74) is 1.14. The molecule has 0 bridgehead atoms. The van der Waals surface area contributed by atoms with E-state index in [1.807, 2.05) is 40.8 Å². The molecular weight excluding hydrogens is 449 g/mol. The molecule has 0 spiro atoms. The Morgan fingerprint density at radius 3 is 2.43 bits per heavy atom. The van der Waals surface area contributed by atoms with Gasteiger partial charge in [0.25, 0.3) is 5.69 Å². The molecule has 0 N–H and O–H groups in total. The second-order valence-electron chi connectivity index (χ2n) is 4.81. The fourth-order valence-corrected chi connectivity index (χ4v) is 2.86. The van der Waals surface area contributed by atoms with Crippen molar-refractivity contribution in [1.82, 2.24) is 0 Å². The molecule has 0 unspecified atom stereocenters. The molecule has 21 heavy (non-hydrogen) atoms. The first kappa shape index (κ1) is 16.2. The number of nitrogens with zero attached hydrogens (tertiary/aromatic N) is 1. The minimum atomic E-state index is -0.412. The highest BCUT2D eigenvalue weighted by atomic mass is 127. The molecule has 0 aliphatic heterocycles. The third kappa shape index (κ3) is 3.94. The van der Waals surface area contributed by atoms with Gasteiger partial charge in [0, 0.05) is 16.6 Å². The van der Waals surface area contributed by atoms with Crippen LogP contribution in [0.5, 0.6) is 11.5 Å². The molecule has 4 nitrogen and oxygen atoms in total. The molecule has 0 radical (unpaired) electrons. The molecule has 0 fully saturated rings. The van der Waals surface area contributed by atoms with Crippen molar-refractivity contribution < 1.29 is 9.66 Å². The topological polar surface area (TPSA) is 52.4 Å². The molecule has 0 atom stereocenters. The van der Waals surface area contributed by atoms with Crippen molar-refractivity contribution in [2.75, 3.05) is 0 Å². The van der Waals surface area contributed by atoms with E-state index in [4.69, 9.17) is 4.74 Å². The Labute approximate surface area is 144 Å². The van der Waals surface area contributed by atoms with Crippen molar-refractivity contribution in [1.29, 1.82) is 0 Å². The van der Waals surface area contributed by atoms with Gasteiger partial charge in [-0.25, -0.2) is 0 Å². The highest BCUT2D eigenvalue weighted by Crippen LogP contribution is 2.35. The van der Waals surface area contributed by atoms with Crippen LogP contribution in [0.1, 0.15) is 25.3 Å². The van der Waals surface area contributed by atoms with E-state index in [2.05, 4.69) is 29.8 Å². The number of benzene rings is 2. The maximum absolute atomic E-state index is 10.8. The minimum absolute atomic E-state index is 0.0617. The summed E-state index contributed by atoms with van der Waals surface area (Å²) in [6, 6.07) is 10.4. The zero-order chi connectivity index (χ0) is 15.6. The number of nitro benzene ring substituents is 1. The number of nitro groups is 1. The van der Waals surface area contributed by atoms with Crippen LogP contribution in [0, 0.1) is 13.7 Å². The summed E-state index contributed by atoms with van der Waals surface area (Å²) in [7, 11) is 0. The fraction of sp³-hybridized carbons (Fsp3) is 0.200. The Kier molecular flexibility index (Phi) is 5.21. The van der Waals surface area contributed by atoms with Gasteiger partial charge in [-0.2, -0.15) is 0 Å². The largest absolute Gasteiger partial charge is 0.456 e. The third-order valence-corrected chi connectivity index (χ3v) is 4.28. The first-order chi connectivity index (χ1) is 9.88. The molecule has 2 aromatic carbocycles. The van der Waals surface area contributed by atoms with Crippen LogP contribution in [0.4, 0.5) is 5.69 Å². The van der Waals surface area contributed by atoms with E-state index < -0.39 is 4.92 Å². The number of halogens is 2. The van der Waals surface area contributed by atoms with Crippen molar-refractivity contribution >= 4 is 44.2 Å². The summed E-state index contributed by atoms with van der Waals surface area (Å²) in [5, 5.41) is 10.8. The number of hydrogen-bond acceptors (Lipinski definition) is 3.